The van der Waals surface area contributed by atoms with E-state index in [4.69, 9.17) is 5.73 Å². The van der Waals surface area contributed by atoms with Crippen LogP contribution < -0.4 is 11.1 Å². The molecule has 0 unspecified atom stereocenters. The Hall–Kier alpha value is -1.09. The molecule has 1 saturated heterocycles. The lowest BCUT2D eigenvalue weighted by atomic mass is 10.0. The second-order valence-electron chi connectivity index (χ2n) is 3.42. The van der Waals surface area contributed by atoms with E-state index in [0.29, 0.717) is 11.7 Å². The Morgan fingerprint density at radius 1 is 1.46 bits per heavy atom. The van der Waals surface area contributed by atoms with Gasteiger partial charge in [0.25, 0.3) is 0 Å². The Labute approximate surface area is 76.9 Å². The molecule has 1 aromatic rings. The van der Waals surface area contributed by atoms with E-state index in [1.807, 2.05) is 0 Å². The Morgan fingerprint density at radius 2 is 2.31 bits per heavy atom. The zero-order valence-corrected chi connectivity index (χ0v) is 7.39. The summed E-state index contributed by atoms with van der Waals surface area (Å²) in [4.78, 5) is 0. The number of nitrogens with one attached hydrogen (secondary N) is 1. The molecule has 1 aliphatic heterocycles. The van der Waals surface area contributed by atoms with Gasteiger partial charge in [0.15, 0.2) is 0 Å². The predicted molar refractivity (Wildman–Crippen MR) is 50.8 cm³/mol. The Kier molecular flexibility index (Phi) is 2.19. The van der Waals surface area contributed by atoms with E-state index in [1.54, 1.807) is 6.07 Å². The van der Waals surface area contributed by atoms with E-state index in [1.165, 1.54) is 18.6 Å². The first-order chi connectivity index (χ1) is 6.27. The number of nitrogen functional groups attached to an aromatic ring is 1. The number of benzene rings is 1. The van der Waals surface area contributed by atoms with Crippen LogP contribution >= 0.6 is 0 Å². The largest absolute Gasteiger partial charge is 0.398 e. The molecule has 0 aromatic heterocycles. The van der Waals surface area contributed by atoms with Crippen molar-refractivity contribution in [2.45, 2.75) is 18.9 Å². The smallest absolute Gasteiger partial charge is 0.125 e. The second-order valence-corrected chi connectivity index (χ2v) is 3.42. The highest BCUT2D eigenvalue weighted by atomic mass is 19.1. The van der Waals surface area contributed by atoms with Crippen molar-refractivity contribution in [2.75, 3.05) is 12.3 Å². The van der Waals surface area contributed by atoms with Crippen molar-refractivity contribution in [3.05, 3.63) is 29.6 Å². The summed E-state index contributed by atoms with van der Waals surface area (Å²) in [6.07, 6.45) is 2.26. The fraction of sp³-hybridized carbons (Fsp3) is 0.400. The van der Waals surface area contributed by atoms with Gasteiger partial charge in [0.05, 0.1) is 0 Å². The molecule has 70 valence electrons. The van der Waals surface area contributed by atoms with Crippen molar-refractivity contribution < 1.29 is 4.39 Å². The summed E-state index contributed by atoms with van der Waals surface area (Å²) in [5, 5.41) is 3.33. The quantitative estimate of drug-likeness (QED) is 0.647. The molecular formula is C10H13FN2. The van der Waals surface area contributed by atoms with Gasteiger partial charge in [-0.2, -0.15) is 0 Å². The van der Waals surface area contributed by atoms with Crippen LogP contribution in [-0.4, -0.2) is 6.54 Å². The number of nitrogens with two attached hydrogens (primary N) is 1. The summed E-state index contributed by atoms with van der Waals surface area (Å²) in [5.74, 6) is -0.265. The summed E-state index contributed by atoms with van der Waals surface area (Å²) in [7, 11) is 0. The Bertz CT molecular complexity index is 306. The molecule has 0 aliphatic carbocycles. The standard InChI is InChI=1S/C10H13FN2/c11-7-3-4-8(9(12)6-7)10-2-1-5-13-10/h3-4,6,10,13H,1-2,5,12H2/t10-/m0/s1. The SMILES string of the molecule is Nc1cc(F)ccc1[C@@H]1CCCN1. The lowest BCUT2D eigenvalue weighted by Crippen LogP contribution is -2.14. The zero-order valence-electron chi connectivity index (χ0n) is 7.39. The van der Waals surface area contributed by atoms with Crippen LogP contribution in [0.2, 0.25) is 0 Å². The van der Waals surface area contributed by atoms with Crippen molar-refractivity contribution in [2.24, 2.45) is 0 Å². The molecule has 0 amide bonds. The van der Waals surface area contributed by atoms with Gasteiger partial charge in [0.2, 0.25) is 0 Å². The molecule has 13 heavy (non-hydrogen) atoms. The molecule has 2 rings (SSSR count). The Balaban J connectivity index is 2.29. The van der Waals surface area contributed by atoms with Crippen molar-refractivity contribution in [1.29, 1.82) is 0 Å². The van der Waals surface area contributed by atoms with Crippen molar-refractivity contribution >= 4 is 5.69 Å². The molecule has 3 heteroatoms. The van der Waals surface area contributed by atoms with E-state index in [2.05, 4.69) is 5.32 Å². The molecular weight excluding hydrogens is 167 g/mol. The van der Waals surface area contributed by atoms with Crippen LogP contribution in [0.5, 0.6) is 0 Å². The normalized spacial score (nSPS) is 22.1. The third-order valence-electron chi connectivity index (χ3n) is 2.48. The summed E-state index contributed by atoms with van der Waals surface area (Å²) in [6, 6.07) is 4.94. The molecule has 1 fully saturated rings. The van der Waals surface area contributed by atoms with Crippen LogP contribution in [0.25, 0.3) is 0 Å². The van der Waals surface area contributed by atoms with Crippen molar-refractivity contribution in [1.82, 2.24) is 5.32 Å². The fourth-order valence-corrected chi connectivity index (χ4v) is 1.81. The molecule has 2 nitrogen and oxygen atoms in total. The maximum atomic E-state index is 12.7. The van der Waals surface area contributed by atoms with E-state index >= 15 is 0 Å². The van der Waals surface area contributed by atoms with Crippen LogP contribution in [0, 0.1) is 5.82 Å². The molecule has 0 saturated carbocycles. The van der Waals surface area contributed by atoms with Gasteiger partial charge >= 0.3 is 0 Å². The molecule has 1 aromatic carbocycles. The maximum Gasteiger partial charge on any atom is 0.125 e. The molecule has 1 heterocycles. The van der Waals surface area contributed by atoms with E-state index in [0.717, 1.165) is 18.5 Å². The van der Waals surface area contributed by atoms with E-state index in [-0.39, 0.29) is 5.82 Å². The highest BCUT2D eigenvalue weighted by Crippen LogP contribution is 2.27. The van der Waals surface area contributed by atoms with E-state index in [9.17, 15) is 4.39 Å². The lowest BCUT2D eigenvalue weighted by Gasteiger charge is -2.12. The van der Waals surface area contributed by atoms with Crippen molar-refractivity contribution in [3.63, 3.8) is 0 Å². The Morgan fingerprint density at radius 3 is 2.92 bits per heavy atom. The number of anilines is 1. The topological polar surface area (TPSA) is 38.0 Å². The molecule has 1 atom stereocenters. The first-order valence-corrected chi connectivity index (χ1v) is 4.55. The summed E-state index contributed by atoms with van der Waals surface area (Å²) in [6.45, 7) is 1.03. The van der Waals surface area contributed by atoms with Crippen LogP contribution in [0.4, 0.5) is 10.1 Å². The third kappa shape index (κ3) is 1.65. The number of halogens is 1. The van der Waals surface area contributed by atoms with Crippen LogP contribution in [-0.2, 0) is 0 Å². The fourth-order valence-electron chi connectivity index (χ4n) is 1.81. The third-order valence-corrected chi connectivity index (χ3v) is 2.48. The van der Waals surface area contributed by atoms with Crippen LogP contribution in [0.1, 0.15) is 24.4 Å². The monoisotopic (exact) mass is 180 g/mol. The summed E-state index contributed by atoms with van der Waals surface area (Å²) in [5.41, 5.74) is 7.30. The summed E-state index contributed by atoms with van der Waals surface area (Å²) >= 11 is 0. The average molecular weight is 180 g/mol. The average Bonchev–Trinajstić information content (AvgIpc) is 2.56. The van der Waals surface area contributed by atoms with Gasteiger partial charge in [-0.15, -0.1) is 0 Å². The molecule has 3 N–H and O–H groups in total. The van der Waals surface area contributed by atoms with Gasteiger partial charge in [0.1, 0.15) is 5.82 Å². The minimum Gasteiger partial charge on any atom is -0.398 e. The van der Waals surface area contributed by atoms with Gasteiger partial charge in [-0.05, 0) is 37.1 Å². The number of hydrogen-bond acceptors (Lipinski definition) is 2. The number of hydrogen-bond donors (Lipinski definition) is 2. The first-order valence-electron chi connectivity index (χ1n) is 4.55. The van der Waals surface area contributed by atoms with Gasteiger partial charge in [-0.25, -0.2) is 4.39 Å². The first kappa shape index (κ1) is 8.51. The van der Waals surface area contributed by atoms with Crippen molar-refractivity contribution in [3.8, 4) is 0 Å². The van der Waals surface area contributed by atoms with Crippen LogP contribution in [0.3, 0.4) is 0 Å². The van der Waals surface area contributed by atoms with Gasteiger partial charge in [0, 0.05) is 11.7 Å². The molecule has 0 spiro atoms. The molecule has 0 bridgehead atoms. The summed E-state index contributed by atoms with van der Waals surface area (Å²) < 4.78 is 12.7. The minimum atomic E-state index is -0.265. The minimum absolute atomic E-state index is 0.265. The second kappa shape index (κ2) is 3.34. The lowest BCUT2D eigenvalue weighted by molar-refractivity contribution is 0.619. The van der Waals surface area contributed by atoms with E-state index < -0.39 is 0 Å². The number of rotatable bonds is 1. The highest BCUT2D eigenvalue weighted by molar-refractivity contribution is 5.48. The van der Waals surface area contributed by atoms with Gasteiger partial charge < -0.3 is 11.1 Å². The zero-order chi connectivity index (χ0) is 9.26. The van der Waals surface area contributed by atoms with Gasteiger partial charge in [-0.1, -0.05) is 6.07 Å². The predicted octanol–water partition coefficient (Wildman–Crippen LogP) is 1.83. The molecule has 1 aliphatic rings. The van der Waals surface area contributed by atoms with Gasteiger partial charge in [-0.3, -0.25) is 0 Å². The maximum absolute atomic E-state index is 12.7. The van der Waals surface area contributed by atoms with Crippen LogP contribution in [0.15, 0.2) is 18.2 Å². The highest BCUT2D eigenvalue weighted by Gasteiger charge is 2.18. The molecule has 0 radical (unpaired) electrons.